The van der Waals surface area contributed by atoms with Crippen LogP contribution in [0.25, 0.3) is 22.6 Å². The quantitative estimate of drug-likeness (QED) is 0.395. The van der Waals surface area contributed by atoms with Gasteiger partial charge < -0.3 is 14.6 Å². The van der Waals surface area contributed by atoms with Gasteiger partial charge in [-0.2, -0.15) is 0 Å². The molecule has 172 valence electrons. The van der Waals surface area contributed by atoms with Crippen molar-refractivity contribution in [3.05, 3.63) is 90.4 Å². The van der Waals surface area contributed by atoms with Crippen LogP contribution >= 0.6 is 0 Å². The van der Waals surface area contributed by atoms with Gasteiger partial charge in [-0.1, -0.05) is 66.7 Å². The van der Waals surface area contributed by atoms with Crippen LogP contribution < -0.4 is 10.2 Å². The van der Waals surface area contributed by atoms with Crippen LogP contribution in [-0.4, -0.2) is 29.0 Å². The van der Waals surface area contributed by atoms with Crippen LogP contribution in [0.3, 0.4) is 0 Å². The second-order valence-electron chi connectivity index (χ2n) is 8.51. The van der Waals surface area contributed by atoms with E-state index in [9.17, 15) is 4.79 Å². The Labute approximate surface area is 199 Å². The maximum Gasteiger partial charge on any atom is 0.220 e. The average molecular weight is 453 g/mol. The van der Waals surface area contributed by atoms with Crippen molar-refractivity contribution < 1.29 is 9.21 Å². The molecule has 1 aliphatic heterocycles. The van der Waals surface area contributed by atoms with Crippen molar-refractivity contribution in [2.24, 2.45) is 0 Å². The maximum atomic E-state index is 12.5. The molecule has 1 saturated heterocycles. The van der Waals surface area contributed by atoms with Gasteiger partial charge in [-0.15, -0.1) is 0 Å². The van der Waals surface area contributed by atoms with Crippen molar-refractivity contribution in [1.82, 2.24) is 15.3 Å². The van der Waals surface area contributed by atoms with Gasteiger partial charge in [-0.05, 0) is 24.5 Å². The van der Waals surface area contributed by atoms with E-state index >= 15 is 0 Å². The summed E-state index contributed by atoms with van der Waals surface area (Å²) in [6.45, 7) is 2.60. The minimum Gasteiger partial charge on any atom is -0.440 e. The molecule has 0 aliphatic carbocycles. The van der Waals surface area contributed by atoms with Crippen LogP contribution in [0.4, 0.5) is 5.82 Å². The molecule has 4 aromatic rings. The highest BCUT2D eigenvalue weighted by molar-refractivity contribution is 5.78. The molecular formula is C28H28N4O2. The molecule has 2 aromatic carbocycles. The average Bonchev–Trinajstić information content (AvgIpc) is 3.58. The van der Waals surface area contributed by atoms with Gasteiger partial charge in [0.25, 0.3) is 0 Å². The molecule has 0 saturated carbocycles. The van der Waals surface area contributed by atoms with Crippen molar-refractivity contribution in [2.45, 2.75) is 32.2 Å². The van der Waals surface area contributed by atoms with E-state index in [4.69, 9.17) is 9.40 Å². The van der Waals surface area contributed by atoms with Crippen molar-refractivity contribution in [3.63, 3.8) is 0 Å². The van der Waals surface area contributed by atoms with Gasteiger partial charge in [-0.3, -0.25) is 4.79 Å². The number of nitrogens with one attached hydrogen (secondary N) is 1. The molecule has 1 N–H and O–H groups in total. The van der Waals surface area contributed by atoms with E-state index in [0.717, 1.165) is 47.1 Å². The third-order valence-electron chi connectivity index (χ3n) is 6.05. The van der Waals surface area contributed by atoms with E-state index in [-0.39, 0.29) is 5.91 Å². The van der Waals surface area contributed by atoms with Crippen LogP contribution in [0.15, 0.2) is 83.4 Å². The highest BCUT2D eigenvalue weighted by Crippen LogP contribution is 2.32. The van der Waals surface area contributed by atoms with Gasteiger partial charge in [0.1, 0.15) is 11.5 Å². The second-order valence-corrected chi connectivity index (χ2v) is 8.51. The van der Waals surface area contributed by atoms with Gasteiger partial charge in [0.2, 0.25) is 5.91 Å². The Morgan fingerprint density at radius 1 is 0.912 bits per heavy atom. The third kappa shape index (κ3) is 5.17. The van der Waals surface area contributed by atoms with Gasteiger partial charge >= 0.3 is 0 Å². The van der Waals surface area contributed by atoms with Crippen LogP contribution in [0.1, 0.15) is 30.7 Å². The lowest BCUT2D eigenvalue weighted by atomic mass is 10.1. The van der Waals surface area contributed by atoms with Crippen LogP contribution in [-0.2, 0) is 17.8 Å². The molecule has 0 bridgehead atoms. The zero-order chi connectivity index (χ0) is 23.2. The Balaban J connectivity index is 1.21. The van der Waals surface area contributed by atoms with Gasteiger partial charge in [0.05, 0.1) is 0 Å². The number of aryl methyl sites for hydroxylation is 1. The van der Waals surface area contributed by atoms with Crippen LogP contribution in [0.2, 0.25) is 0 Å². The molecule has 0 radical (unpaired) electrons. The minimum absolute atomic E-state index is 0.0376. The van der Waals surface area contributed by atoms with Gasteiger partial charge in [0, 0.05) is 49.8 Å². The van der Waals surface area contributed by atoms with E-state index < -0.39 is 0 Å². The molecule has 34 heavy (non-hydrogen) atoms. The number of oxazole rings is 1. The van der Waals surface area contributed by atoms with Crippen molar-refractivity contribution in [1.29, 1.82) is 0 Å². The molecule has 2 aromatic heterocycles. The maximum absolute atomic E-state index is 12.5. The largest absolute Gasteiger partial charge is 0.440 e. The number of benzene rings is 2. The topological polar surface area (TPSA) is 71.3 Å². The fourth-order valence-corrected chi connectivity index (χ4v) is 4.21. The summed E-state index contributed by atoms with van der Waals surface area (Å²) in [6, 6.07) is 24.0. The summed E-state index contributed by atoms with van der Waals surface area (Å²) < 4.78 is 6.12. The number of pyridine rings is 1. The summed E-state index contributed by atoms with van der Waals surface area (Å²) in [7, 11) is 0. The van der Waals surface area contributed by atoms with E-state index in [1.807, 2.05) is 79.0 Å². The number of rotatable bonds is 8. The minimum atomic E-state index is -0.0376. The first-order valence-electron chi connectivity index (χ1n) is 11.8. The summed E-state index contributed by atoms with van der Waals surface area (Å²) in [5.41, 5.74) is 3.75. The summed E-state index contributed by atoms with van der Waals surface area (Å²) >= 11 is 0. The molecule has 1 aliphatic rings. The Bertz CT molecular complexity index is 1160. The van der Waals surface area contributed by atoms with Crippen LogP contribution in [0.5, 0.6) is 0 Å². The van der Waals surface area contributed by atoms with Gasteiger partial charge in [-0.25, -0.2) is 9.97 Å². The Morgan fingerprint density at radius 2 is 1.62 bits per heavy atom. The Morgan fingerprint density at radius 3 is 2.29 bits per heavy atom. The lowest BCUT2D eigenvalue weighted by molar-refractivity contribution is -0.121. The monoisotopic (exact) mass is 452 g/mol. The zero-order valence-electron chi connectivity index (χ0n) is 19.1. The molecular weight excluding hydrogens is 424 g/mol. The van der Waals surface area contributed by atoms with Crippen molar-refractivity contribution in [3.8, 4) is 22.6 Å². The molecule has 1 amide bonds. The normalized spacial score (nSPS) is 13.2. The summed E-state index contributed by atoms with van der Waals surface area (Å²) in [5, 5.41) is 2.98. The highest BCUT2D eigenvalue weighted by atomic mass is 16.4. The second kappa shape index (κ2) is 10.3. The Kier molecular flexibility index (Phi) is 6.66. The first kappa shape index (κ1) is 21.9. The SMILES string of the molecule is O=C(CCc1nc(-c2ccccc2)c(-c2ccccc2)o1)NCc1ccc(N2CCCC2)nc1. The molecule has 1 fully saturated rings. The third-order valence-corrected chi connectivity index (χ3v) is 6.05. The smallest absolute Gasteiger partial charge is 0.220 e. The van der Waals surface area contributed by atoms with Crippen molar-refractivity contribution in [2.75, 3.05) is 18.0 Å². The first-order valence-corrected chi connectivity index (χ1v) is 11.8. The lowest BCUT2D eigenvalue weighted by Crippen LogP contribution is -2.23. The van der Waals surface area contributed by atoms with E-state index in [1.165, 1.54) is 12.8 Å². The van der Waals surface area contributed by atoms with Crippen molar-refractivity contribution >= 4 is 11.7 Å². The number of amides is 1. The van der Waals surface area contributed by atoms with E-state index in [0.29, 0.717) is 25.3 Å². The molecule has 0 unspecified atom stereocenters. The van der Waals surface area contributed by atoms with Gasteiger partial charge in [0.15, 0.2) is 11.7 Å². The zero-order valence-corrected chi connectivity index (χ0v) is 19.1. The molecule has 5 rings (SSSR count). The number of nitrogens with zero attached hydrogens (tertiary/aromatic N) is 3. The van der Waals surface area contributed by atoms with E-state index in [2.05, 4.69) is 15.2 Å². The fraction of sp³-hybridized carbons (Fsp3) is 0.250. The summed E-state index contributed by atoms with van der Waals surface area (Å²) in [5.74, 6) is 2.26. The molecule has 0 atom stereocenters. The molecule has 0 spiro atoms. The fourth-order valence-electron chi connectivity index (χ4n) is 4.21. The number of hydrogen-bond acceptors (Lipinski definition) is 5. The summed E-state index contributed by atoms with van der Waals surface area (Å²) in [4.78, 5) is 24.1. The molecule has 3 heterocycles. The predicted octanol–water partition coefficient (Wildman–Crippen LogP) is 5.25. The Hall–Kier alpha value is -3.93. The number of hydrogen-bond donors (Lipinski definition) is 1. The number of anilines is 1. The number of carbonyl (C=O) groups is 1. The number of aromatic nitrogens is 2. The lowest BCUT2D eigenvalue weighted by Gasteiger charge is -2.16. The number of carbonyl (C=O) groups excluding carboxylic acids is 1. The van der Waals surface area contributed by atoms with Crippen LogP contribution in [0, 0.1) is 0 Å². The first-order chi connectivity index (χ1) is 16.8. The summed E-state index contributed by atoms with van der Waals surface area (Å²) in [6.07, 6.45) is 5.04. The molecule has 6 nitrogen and oxygen atoms in total. The molecule has 6 heteroatoms. The predicted molar refractivity (Wildman–Crippen MR) is 133 cm³/mol. The standard InChI is InChI=1S/C28H28N4O2/c33-25(30-20-21-13-14-24(29-19-21)32-17-7-8-18-32)15-16-26-31-27(22-9-3-1-4-10-22)28(34-26)23-11-5-2-6-12-23/h1-6,9-14,19H,7-8,15-18,20H2,(H,30,33). The van der Waals surface area contributed by atoms with E-state index in [1.54, 1.807) is 0 Å². The highest BCUT2D eigenvalue weighted by Gasteiger charge is 2.17.